The van der Waals surface area contributed by atoms with E-state index in [0.717, 1.165) is 35.6 Å². The highest BCUT2D eigenvalue weighted by molar-refractivity contribution is 7.16. The lowest BCUT2D eigenvalue weighted by atomic mass is 10.2. The predicted molar refractivity (Wildman–Crippen MR) is 85.1 cm³/mol. The largest absolute Gasteiger partial charge is 0.416 e. The lowest BCUT2D eigenvalue weighted by Crippen LogP contribution is -2.10. The molecule has 2 rings (SSSR count). The molecule has 2 aromatic rings. The number of thiophene rings is 1. The van der Waals surface area contributed by atoms with Gasteiger partial charge in [0.1, 0.15) is 0 Å². The molecule has 24 heavy (non-hydrogen) atoms. The van der Waals surface area contributed by atoms with E-state index in [9.17, 15) is 28.1 Å². The maximum absolute atomic E-state index is 12.7. The molecule has 1 amide bonds. The van der Waals surface area contributed by atoms with Crippen LogP contribution in [-0.4, -0.2) is 10.8 Å². The number of carbonyl (C=O) groups excluding carboxylic acids is 1. The summed E-state index contributed by atoms with van der Waals surface area (Å²) in [5, 5.41) is 12.7. The minimum absolute atomic E-state index is 0.0449. The van der Waals surface area contributed by atoms with Crippen LogP contribution >= 0.6 is 22.9 Å². The smallest absolute Gasteiger partial charge is 0.321 e. The minimum atomic E-state index is -4.56. The summed E-state index contributed by atoms with van der Waals surface area (Å²) in [6.07, 6.45) is -2.20. The van der Waals surface area contributed by atoms with Crippen LogP contribution in [0.25, 0.3) is 6.08 Å². The third-order valence-corrected chi connectivity index (χ3v) is 4.07. The number of benzene rings is 1. The SMILES string of the molecule is O=C(/C=C/c1ccc([N+](=O)[O-])s1)Nc1cc(C(F)(F)F)ccc1Cl. The molecular formula is C14H8ClF3N2O3S. The first-order valence-electron chi connectivity index (χ1n) is 6.27. The molecule has 0 saturated heterocycles. The summed E-state index contributed by atoms with van der Waals surface area (Å²) in [6.45, 7) is 0. The monoisotopic (exact) mass is 376 g/mol. The fraction of sp³-hybridized carbons (Fsp3) is 0.0714. The van der Waals surface area contributed by atoms with E-state index in [4.69, 9.17) is 11.6 Å². The van der Waals surface area contributed by atoms with Crippen molar-refractivity contribution in [3.8, 4) is 0 Å². The second-order valence-electron chi connectivity index (χ2n) is 4.45. The average molecular weight is 377 g/mol. The summed E-state index contributed by atoms with van der Waals surface area (Å²) in [6, 6.07) is 5.30. The van der Waals surface area contributed by atoms with Crippen molar-refractivity contribution in [1.29, 1.82) is 0 Å². The Hall–Kier alpha value is -2.39. The summed E-state index contributed by atoms with van der Waals surface area (Å²) in [4.78, 5) is 22.2. The van der Waals surface area contributed by atoms with Crippen LogP contribution in [0.15, 0.2) is 36.4 Å². The zero-order valence-electron chi connectivity index (χ0n) is 11.6. The van der Waals surface area contributed by atoms with Crippen LogP contribution in [0.4, 0.5) is 23.9 Å². The third-order valence-electron chi connectivity index (χ3n) is 2.74. The number of hydrogen-bond donors (Lipinski definition) is 1. The second kappa shape index (κ2) is 7.02. The topological polar surface area (TPSA) is 72.2 Å². The normalized spacial score (nSPS) is 11.7. The average Bonchev–Trinajstić information content (AvgIpc) is 2.95. The molecule has 126 valence electrons. The summed E-state index contributed by atoms with van der Waals surface area (Å²) >= 11 is 6.62. The summed E-state index contributed by atoms with van der Waals surface area (Å²) in [5.41, 5.74) is -1.13. The van der Waals surface area contributed by atoms with E-state index in [-0.39, 0.29) is 15.7 Å². The Morgan fingerprint density at radius 3 is 2.58 bits per heavy atom. The van der Waals surface area contributed by atoms with Gasteiger partial charge in [-0.3, -0.25) is 14.9 Å². The molecule has 0 saturated carbocycles. The Balaban J connectivity index is 2.11. The lowest BCUT2D eigenvalue weighted by molar-refractivity contribution is -0.380. The van der Waals surface area contributed by atoms with Crippen molar-refractivity contribution < 1.29 is 22.9 Å². The standard InChI is InChI=1S/C14H8ClF3N2O3S/c15-10-4-1-8(14(16,17)18)7-11(10)19-12(21)5-2-9-3-6-13(24-9)20(22)23/h1-7H,(H,19,21)/b5-2+. The predicted octanol–water partition coefficient (Wildman–Crippen LogP) is 4.98. The van der Waals surface area contributed by atoms with Crippen LogP contribution < -0.4 is 5.32 Å². The van der Waals surface area contributed by atoms with Crippen LogP contribution in [0.5, 0.6) is 0 Å². The number of hydrogen-bond acceptors (Lipinski definition) is 4. The molecule has 0 fully saturated rings. The van der Waals surface area contributed by atoms with E-state index in [2.05, 4.69) is 5.32 Å². The molecule has 0 spiro atoms. The fourth-order valence-electron chi connectivity index (χ4n) is 1.66. The number of carbonyl (C=O) groups is 1. The summed E-state index contributed by atoms with van der Waals surface area (Å²) in [7, 11) is 0. The zero-order chi connectivity index (χ0) is 17.9. The van der Waals surface area contributed by atoms with Crippen LogP contribution in [0, 0.1) is 10.1 Å². The van der Waals surface area contributed by atoms with Crippen molar-refractivity contribution in [1.82, 2.24) is 0 Å². The Morgan fingerprint density at radius 1 is 1.29 bits per heavy atom. The van der Waals surface area contributed by atoms with E-state index in [1.807, 2.05) is 0 Å². The quantitative estimate of drug-likeness (QED) is 0.464. The van der Waals surface area contributed by atoms with Gasteiger partial charge in [0.25, 0.3) is 0 Å². The number of amides is 1. The van der Waals surface area contributed by atoms with Gasteiger partial charge in [0.15, 0.2) is 0 Å². The molecule has 1 heterocycles. The van der Waals surface area contributed by atoms with E-state index >= 15 is 0 Å². The van der Waals surface area contributed by atoms with Gasteiger partial charge in [-0.25, -0.2) is 0 Å². The lowest BCUT2D eigenvalue weighted by Gasteiger charge is -2.10. The highest BCUT2D eigenvalue weighted by Crippen LogP contribution is 2.33. The van der Waals surface area contributed by atoms with Crippen molar-refractivity contribution in [2.75, 3.05) is 5.32 Å². The molecule has 5 nitrogen and oxygen atoms in total. The number of nitrogens with one attached hydrogen (secondary N) is 1. The molecule has 0 atom stereocenters. The van der Waals surface area contributed by atoms with Crippen molar-refractivity contribution in [3.63, 3.8) is 0 Å². The fourth-order valence-corrected chi connectivity index (χ4v) is 2.55. The Kier molecular flexibility index (Phi) is 5.25. The van der Waals surface area contributed by atoms with Crippen molar-refractivity contribution in [2.45, 2.75) is 6.18 Å². The second-order valence-corrected chi connectivity index (χ2v) is 5.95. The van der Waals surface area contributed by atoms with Gasteiger partial charge in [-0.15, -0.1) is 0 Å². The van der Waals surface area contributed by atoms with Gasteiger partial charge in [0, 0.05) is 17.0 Å². The number of rotatable bonds is 4. The van der Waals surface area contributed by atoms with Crippen LogP contribution in [0.1, 0.15) is 10.4 Å². The van der Waals surface area contributed by atoms with Crippen molar-refractivity contribution in [2.24, 2.45) is 0 Å². The zero-order valence-corrected chi connectivity index (χ0v) is 13.2. The number of alkyl halides is 3. The van der Waals surface area contributed by atoms with Gasteiger partial charge in [0.05, 0.1) is 21.2 Å². The van der Waals surface area contributed by atoms with Crippen LogP contribution in [0.3, 0.4) is 0 Å². The van der Waals surface area contributed by atoms with Crippen molar-refractivity contribution >= 4 is 45.6 Å². The maximum atomic E-state index is 12.7. The van der Waals surface area contributed by atoms with E-state index in [1.165, 1.54) is 18.2 Å². The molecule has 1 aromatic carbocycles. The number of nitrogens with zero attached hydrogens (tertiary/aromatic N) is 1. The third kappa shape index (κ3) is 4.56. The molecule has 0 radical (unpaired) electrons. The highest BCUT2D eigenvalue weighted by atomic mass is 35.5. The first-order valence-corrected chi connectivity index (χ1v) is 7.46. The van der Waals surface area contributed by atoms with Crippen LogP contribution in [-0.2, 0) is 11.0 Å². The summed E-state index contributed by atoms with van der Waals surface area (Å²) < 4.78 is 38.0. The van der Waals surface area contributed by atoms with Gasteiger partial charge in [-0.2, -0.15) is 13.2 Å². The highest BCUT2D eigenvalue weighted by Gasteiger charge is 2.31. The molecule has 0 aliphatic carbocycles. The Morgan fingerprint density at radius 2 is 2.00 bits per heavy atom. The molecular weight excluding hydrogens is 369 g/mol. The van der Waals surface area contributed by atoms with E-state index in [0.29, 0.717) is 4.88 Å². The number of halogens is 4. The van der Waals surface area contributed by atoms with Gasteiger partial charge in [-0.05, 0) is 30.3 Å². The Bertz CT molecular complexity index is 818. The maximum Gasteiger partial charge on any atom is 0.416 e. The molecule has 1 N–H and O–H groups in total. The van der Waals surface area contributed by atoms with Gasteiger partial charge in [-0.1, -0.05) is 22.9 Å². The molecule has 0 bridgehead atoms. The van der Waals surface area contributed by atoms with Gasteiger partial charge in [0.2, 0.25) is 5.91 Å². The minimum Gasteiger partial charge on any atom is -0.321 e. The van der Waals surface area contributed by atoms with Gasteiger partial charge < -0.3 is 5.32 Å². The number of nitro groups is 1. The van der Waals surface area contributed by atoms with E-state index in [1.54, 1.807) is 0 Å². The molecule has 1 aromatic heterocycles. The molecule has 0 aliphatic heterocycles. The molecule has 0 unspecified atom stereocenters. The van der Waals surface area contributed by atoms with Crippen LogP contribution in [0.2, 0.25) is 5.02 Å². The molecule has 10 heteroatoms. The first-order chi connectivity index (χ1) is 11.2. The van der Waals surface area contributed by atoms with Gasteiger partial charge >= 0.3 is 11.2 Å². The molecule has 0 aliphatic rings. The van der Waals surface area contributed by atoms with E-state index < -0.39 is 22.6 Å². The first kappa shape index (κ1) is 18.0. The number of anilines is 1. The summed E-state index contributed by atoms with van der Waals surface area (Å²) in [5.74, 6) is -0.715. The van der Waals surface area contributed by atoms with Crippen molar-refractivity contribution in [3.05, 3.63) is 62.0 Å². The Labute approximate surface area is 142 Å².